The fourth-order valence-corrected chi connectivity index (χ4v) is 1.17. The first kappa shape index (κ1) is 8.85. The van der Waals surface area contributed by atoms with E-state index in [0.29, 0.717) is 0 Å². The molecule has 1 nitrogen and oxygen atoms in total. The molecule has 1 heterocycles. The van der Waals surface area contributed by atoms with Crippen LogP contribution in [-0.2, 0) is 0 Å². The van der Waals surface area contributed by atoms with Crippen molar-refractivity contribution in [2.24, 2.45) is 0 Å². The molecule has 1 N–H and O–H groups in total. The fourth-order valence-electron chi connectivity index (χ4n) is 1.17. The Kier molecular flexibility index (Phi) is 2.92. The van der Waals surface area contributed by atoms with Crippen molar-refractivity contribution in [1.82, 2.24) is 4.98 Å². The van der Waals surface area contributed by atoms with Gasteiger partial charge in [0.05, 0.1) is 0 Å². The molecule has 2 aromatic rings. The topological polar surface area (TPSA) is 15.8 Å². The largest absolute Gasteiger partial charge is 0.366 e. The highest BCUT2D eigenvalue weighted by Gasteiger charge is 1.91. The van der Waals surface area contributed by atoms with Crippen LogP contribution in [0.5, 0.6) is 0 Å². The zero-order chi connectivity index (χ0) is 8.97. The van der Waals surface area contributed by atoms with Crippen molar-refractivity contribution in [2.75, 3.05) is 0 Å². The molecule has 2 rings (SSSR count). The smallest absolute Gasteiger partial charge is 0.00844 e. The van der Waals surface area contributed by atoms with Crippen molar-refractivity contribution in [3.05, 3.63) is 36.2 Å². The molecule has 0 aliphatic rings. The number of hydrogen-bond acceptors (Lipinski definition) is 0. The van der Waals surface area contributed by atoms with Gasteiger partial charge in [-0.15, -0.1) is 0 Å². The molecule has 1 aromatic carbocycles. The molecule has 0 spiro atoms. The van der Waals surface area contributed by atoms with Gasteiger partial charge in [-0.05, 0) is 23.8 Å². The molecule has 0 unspecified atom stereocenters. The third-order valence-corrected chi connectivity index (χ3v) is 1.72. The summed E-state index contributed by atoms with van der Waals surface area (Å²) in [6.45, 7) is 6.10. The minimum Gasteiger partial charge on any atom is -0.366 e. The molecule has 0 bridgehead atoms. The Morgan fingerprint density at radius 2 is 1.67 bits per heavy atom. The Morgan fingerprint density at radius 1 is 1.00 bits per heavy atom. The maximum absolute atomic E-state index is 3.06. The van der Waals surface area contributed by atoms with Crippen LogP contribution in [0.25, 0.3) is 10.8 Å². The van der Waals surface area contributed by atoms with E-state index in [1.54, 1.807) is 0 Å². The van der Waals surface area contributed by atoms with E-state index in [1.807, 2.05) is 26.2 Å². The minimum absolute atomic E-state index is 1.28. The van der Waals surface area contributed by atoms with Gasteiger partial charge >= 0.3 is 0 Å². The maximum atomic E-state index is 3.06. The van der Waals surface area contributed by atoms with Gasteiger partial charge in [-0.25, -0.2) is 0 Å². The van der Waals surface area contributed by atoms with Crippen LogP contribution >= 0.6 is 0 Å². The summed E-state index contributed by atoms with van der Waals surface area (Å²) >= 11 is 0. The van der Waals surface area contributed by atoms with E-state index in [-0.39, 0.29) is 0 Å². The lowest BCUT2D eigenvalue weighted by atomic mass is 10.1. The monoisotopic (exact) mass is 161 g/mol. The highest BCUT2D eigenvalue weighted by atomic mass is 14.6. The van der Waals surface area contributed by atoms with Gasteiger partial charge in [0.2, 0.25) is 0 Å². The lowest BCUT2D eigenvalue weighted by molar-refractivity contribution is 1.43. The average Bonchev–Trinajstić information content (AvgIpc) is 2.54. The molecule has 0 atom stereocenters. The molecular weight excluding hydrogens is 146 g/mol. The Labute approximate surface area is 73.4 Å². The predicted molar refractivity (Wildman–Crippen MR) is 54.4 cm³/mol. The lowest BCUT2D eigenvalue weighted by Crippen LogP contribution is -1.67. The fraction of sp³-hybridized carbons (Fsp3) is 0.273. The van der Waals surface area contributed by atoms with Gasteiger partial charge in [0.15, 0.2) is 0 Å². The summed E-state index contributed by atoms with van der Waals surface area (Å²) in [7, 11) is 0. The number of aromatic nitrogens is 1. The van der Waals surface area contributed by atoms with Gasteiger partial charge in [0.1, 0.15) is 0 Å². The SMILES string of the molecule is CC.Cc1ccc2c[nH]cc2c1. The van der Waals surface area contributed by atoms with Crippen LogP contribution in [-0.4, -0.2) is 4.98 Å². The van der Waals surface area contributed by atoms with Gasteiger partial charge in [-0.1, -0.05) is 31.5 Å². The number of nitrogens with one attached hydrogen (secondary N) is 1. The summed E-state index contributed by atoms with van der Waals surface area (Å²) in [5, 5.41) is 2.57. The normalized spacial score (nSPS) is 9.25. The van der Waals surface area contributed by atoms with Crippen molar-refractivity contribution >= 4 is 10.8 Å². The van der Waals surface area contributed by atoms with Gasteiger partial charge < -0.3 is 4.98 Å². The number of hydrogen-bond donors (Lipinski definition) is 1. The summed E-state index contributed by atoms with van der Waals surface area (Å²) in [4.78, 5) is 3.06. The first-order valence-electron chi connectivity index (χ1n) is 4.39. The van der Waals surface area contributed by atoms with Crippen molar-refractivity contribution < 1.29 is 0 Å². The van der Waals surface area contributed by atoms with Crippen LogP contribution in [0.3, 0.4) is 0 Å². The first-order valence-corrected chi connectivity index (χ1v) is 4.39. The van der Waals surface area contributed by atoms with Crippen LogP contribution in [0.2, 0.25) is 0 Å². The number of aromatic amines is 1. The van der Waals surface area contributed by atoms with Crippen LogP contribution < -0.4 is 0 Å². The second-order valence-electron chi connectivity index (χ2n) is 2.59. The third-order valence-electron chi connectivity index (χ3n) is 1.72. The number of H-pyrrole nitrogens is 1. The second-order valence-corrected chi connectivity index (χ2v) is 2.59. The first-order chi connectivity index (χ1) is 5.86. The molecule has 0 fully saturated rings. The molecule has 0 amide bonds. The van der Waals surface area contributed by atoms with Gasteiger partial charge in [-0.3, -0.25) is 0 Å². The number of benzene rings is 1. The highest BCUT2D eigenvalue weighted by molar-refractivity contribution is 5.82. The van der Waals surface area contributed by atoms with Gasteiger partial charge in [0.25, 0.3) is 0 Å². The summed E-state index contributed by atoms with van der Waals surface area (Å²) in [5.41, 5.74) is 1.31. The zero-order valence-corrected chi connectivity index (χ0v) is 7.89. The average molecular weight is 161 g/mol. The van der Waals surface area contributed by atoms with E-state index in [4.69, 9.17) is 0 Å². The number of fused-ring (bicyclic) bond motifs is 1. The molecule has 0 saturated heterocycles. The van der Waals surface area contributed by atoms with E-state index in [2.05, 4.69) is 30.1 Å². The summed E-state index contributed by atoms with van der Waals surface area (Å²) < 4.78 is 0. The molecule has 0 aliphatic carbocycles. The molecule has 0 aliphatic heterocycles. The van der Waals surface area contributed by atoms with Crippen LogP contribution in [0, 0.1) is 6.92 Å². The quantitative estimate of drug-likeness (QED) is 0.608. The Hall–Kier alpha value is -1.24. The minimum atomic E-state index is 1.28. The number of rotatable bonds is 0. The third kappa shape index (κ3) is 1.67. The Morgan fingerprint density at radius 3 is 2.42 bits per heavy atom. The molecule has 64 valence electrons. The maximum Gasteiger partial charge on any atom is 0.00844 e. The van der Waals surface area contributed by atoms with E-state index < -0.39 is 0 Å². The Balaban J connectivity index is 0.000000336. The van der Waals surface area contributed by atoms with Crippen molar-refractivity contribution in [3.63, 3.8) is 0 Å². The van der Waals surface area contributed by atoms with Gasteiger partial charge in [0, 0.05) is 12.4 Å². The van der Waals surface area contributed by atoms with Crippen LogP contribution in [0.4, 0.5) is 0 Å². The van der Waals surface area contributed by atoms with E-state index >= 15 is 0 Å². The summed E-state index contributed by atoms with van der Waals surface area (Å²) in [6, 6.07) is 6.42. The highest BCUT2D eigenvalue weighted by Crippen LogP contribution is 2.13. The molecular formula is C11H15N. The number of aryl methyl sites for hydroxylation is 1. The molecule has 1 heteroatoms. The van der Waals surface area contributed by atoms with Crippen molar-refractivity contribution in [2.45, 2.75) is 20.8 Å². The Bertz CT molecular complexity index is 347. The molecule has 12 heavy (non-hydrogen) atoms. The predicted octanol–water partition coefficient (Wildman–Crippen LogP) is 3.50. The van der Waals surface area contributed by atoms with E-state index in [9.17, 15) is 0 Å². The van der Waals surface area contributed by atoms with Crippen LogP contribution in [0.1, 0.15) is 19.4 Å². The molecule has 1 aromatic heterocycles. The summed E-state index contributed by atoms with van der Waals surface area (Å²) in [5.74, 6) is 0. The standard InChI is InChI=1S/C9H9N.C2H6/c1-7-2-3-8-5-10-6-9(8)4-7;1-2/h2-6,10H,1H3;1-2H3. The summed E-state index contributed by atoms with van der Waals surface area (Å²) in [6.07, 6.45) is 4.02. The molecule has 0 radical (unpaired) electrons. The van der Waals surface area contributed by atoms with E-state index in [1.165, 1.54) is 16.3 Å². The van der Waals surface area contributed by atoms with Crippen LogP contribution in [0.15, 0.2) is 30.6 Å². The second kappa shape index (κ2) is 3.96. The zero-order valence-electron chi connectivity index (χ0n) is 7.89. The van der Waals surface area contributed by atoms with E-state index in [0.717, 1.165) is 0 Å². The van der Waals surface area contributed by atoms with Gasteiger partial charge in [-0.2, -0.15) is 0 Å². The van der Waals surface area contributed by atoms with Crippen molar-refractivity contribution in [3.8, 4) is 0 Å². The lowest BCUT2D eigenvalue weighted by Gasteiger charge is -1.89. The molecule has 0 saturated carbocycles. The van der Waals surface area contributed by atoms with Crippen molar-refractivity contribution in [1.29, 1.82) is 0 Å².